The quantitative estimate of drug-likeness (QED) is 0.629. The van der Waals surface area contributed by atoms with Crippen LogP contribution >= 0.6 is 0 Å². The van der Waals surface area contributed by atoms with E-state index in [4.69, 9.17) is 4.74 Å². The minimum Gasteiger partial charge on any atom is -0.493 e. The summed E-state index contributed by atoms with van der Waals surface area (Å²) in [5.41, 5.74) is -2.10. The Kier molecular flexibility index (Phi) is 3.45. The van der Waals surface area contributed by atoms with Gasteiger partial charge in [-0.1, -0.05) is 6.07 Å². The molecule has 3 aliphatic rings. The second-order valence-corrected chi connectivity index (χ2v) is 6.35. The first-order chi connectivity index (χ1) is 12.1. The third-order valence-corrected chi connectivity index (χ3v) is 4.67. The van der Waals surface area contributed by atoms with Gasteiger partial charge in [-0.05, 0) is 24.3 Å². The molecule has 0 aliphatic carbocycles. The molecule has 0 amide bonds. The van der Waals surface area contributed by atoms with Gasteiger partial charge in [0.1, 0.15) is 17.1 Å². The van der Waals surface area contributed by atoms with Gasteiger partial charge in [-0.25, -0.2) is 0 Å². The third kappa shape index (κ3) is 2.65. The van der Waals surface area contributed by atoms with Gasteiger partial charge in [0, 0.05) is 18.2 Å². The van der Waals surface area contributed by atoms with Crippen LogP contribution in [0.15, 0.2) is 47.1 Å². The number of allylic oxidation sites excluding steroid dienone is 2. The van der Waals surface area contributed by atoms with Gasteiger partial charge >= 0.3 is 12.4 Å². The first-order valence-corrected chi connectivity index (χ1v) is 7.77. The molecule has 26 heavy (non-hydrogen) atoms. The Morgan fingerprint density at radius 3 is 2.50 bits per heavy atom. The second-order valence-electron chi connectivity index (χ2n) is 6.35. The van der Waals surface area contributed by atoms with Gasteiger partial charge < -0.3 is 9.64 Å². The molecular formula is C17H12F6N2O. The van der Waals surface area contributed by atoms with Crippen molar-refractivity contribution in [1.82, 2.24) is 4.90 Å². The molecule has 3 aliphatic heterocycles. The van der Waals surface area contributed by atoms with E-state index in [2.05, 4.69) is 4.99 Å². The highest BCUT2D eigenvalue weighted by Gasteiger charge is 2.46. The summed E-state index contributed by atoms with van der Waals surface area (Å²) in [6.07, 6.45) is -5.42. The van der Waals surface area contributed by atoms with E-state index in [9.17, 15) is 26.3 Å². The summed E-state index contributed by atoms with van der Waals surface area (Å²) in [5.74, 6) is 0.421. The van der Waals surface area contributed by atoms with Crippen LogP contribution in [0.2, 0.25) is 0 Å². The summed E-state index contributed by atoms with van der Waals surface area (Å²) in [4.78, 5) is 5.92. The minimum atomic E-state index is -4.50. The molecule has 1 spiro atoms. The largest absolute Gasteiger partial charge is 0.493 e. The lowest BCUT2D eigenvalue weighted by atomic mass is 9.85. The topological polar surface area (TPSA) is 24.8 Å². The zero-order valence-electron chi connectivity index (χ0n) is 13.2. The smallest absolute Gasteiger partial charge is 0.417 e. The predicted molar refractivity (Wildman–Crippen MR) is 80.7 cm³/mol. The zero-order valence-corrected chi connectivity index (χ0v) is 13.2. The number of fused-ring (bicyclic) bond motifs is 3. The summed E-state index contributed by atoms with van der Waals surface area (Å²) in [7, 11) is 0. The van der Waals surface area contributed by atoms with Crippen LogP contribution < -0.4 is 4.74 Å². The molecule has 1 aromatic rings. The van der Waals surface area contributed by atoms with Crippen LogP contribution in [0.3, 0.4) is 0 Å². The van der Waals surface area contributed by atoms with Gasteiger partial charge in [0.15, 0.2) is 0 Å². The van der Waals surface area contributed by atoms with Crippen LogP contribution in [-0.4, -0.2) is 30.1 Å². The molecular weight excluding hydrogens is 362 g/mol. The lowest BCUT2D eigenvalue weighted by Gasteiger charge is -2.34. The van der Waals surface area contributed by atoms with Crippen LogP contribution in [0.4, 0.5) is 26.3 Å². The van der Waals surface area contributed by atoms with Crippen LogP contribution in [0.5, 0.6) is 5.75 Å². The molecule has 0 fully saturated rings. The van der Waals surface area contributed by atoms with E-state index in [0.29, 0.717) is 17.8 Å². The molecule has 4 rings (SSSR count). The lowest BCUT2D eigenvalue weighted by molar-refractivity contribution is -0.137. The normalized spacial score (nSPS) is 24.8. The first kappa shape index (κ1) is 17.0. The van der Waals surface area contributed by atoms with E-state index < -0.39 is 29.0 Å². The van der Waals surface area contributed by atoms with E-state index in [-0.39, 0.29) is 18.9 Å². The van der Waals surface area contributed by atoms with Gasteiger partial charge in [0.25, 0.3) is 0 Å². The lowest BCUT2D eigenvalue weighted by Crippen LogP contribution is -2.37. The van der Waals surface area contributed by atoms with Crippen molar-refractivity contribution in [2.24, 2.45) is 4.99 Å². The Morgan fingerprint density at radius 1 is 1.04 bits per heavy atom. The highest BCUT2D eigenvalue weighted by Crippen LogP contribution is 2.46. The molecule has 1 atom stereocenters. The summed E-state index contributed by atoms with van der Waals surface area (Å²) in [6, 6.07) is 3.16. The van der Waals surface area contributed by atoms with E-state index in [1.54, 1.807) is 0 Å². The van der Waals surface area contributed by atoms with Crippen molar-refractivity contribution in [3.63, 3.8) is 0 Å². The maximum atomic E-state index is 12.9. The van der Waals surface area contributed by atoms with E-state index in [0.717, 1.165) is 24.4 Å². The molecule has 0 N–H and O–H groups in total. The van der Waals surface area contributed by atoms with E-state index >= 15 is 0 Å². The highest BCUT2D eigenvalue weighted by molar-refractivity contribution is 5.97. The molecule has 138 valence electrons. The van der Waals surface area contributed by atoms with Crippen molar-refractivity contribution >= 4 is 5.84 Å². The first-order valence-electron chi connectivity index (χ1n) is 7.77. The third-order valence-electron chi connectivity index (χ3n) is 4.67. The summed E-state index contributed by atoms with van der Waals surface area (Å²) >= 11 is 0. The van der Waals surface area contributed by atoms with Crippen molar-refractivity contribution in [3.05, 3.63) is 53.3 Å². The highest BCUT2D eigenvalue weighted by atomic mass is 19.4. The van der Waals surface area contributed by atoms with Crippen LogP contribution in [0.25, 0.3) is 0 Å². The van der Waals surface area contributed by atoms with Crippen molar-refractivity contribution in [2.45, 2.75) is 24.3 Å². The molecule has 0 radical (unpaired) electrons. The number of nitrogens with zero attached hydrogens (tertiary/aromatic N) is 2. The minimum absolute atomic E-state index is 0.0688. The molecule has 0 bridgehead atoms. The molecule has 3 heterocycles. The molecule has 1 unspecified atom stereocenters. The number of benzene rings is 1. The number of amidine groups is 1. The number of rotatable bonds is 0. The number of ether oxygens (including phenoxy) is 1. The predicted octanol–water partition coefficient (Wildman–Crippen LogP) is 4.41. The van der Waals surface area contributed by atoms with Crippen molar-refractivity contribution in [2.75, 3.05) is 13.2 Å². The van der Waals surface area contributed by atoms with Crippen molar-refractivity contribution in [1.29, 1.82) is 0 Å². The summed E-state index contributed by atoms with van der Waals surface area (Å²) < 4.78 is 82.8. The Hall–Kier alpha value is -2.45. The van der Waals surface area contributed by atoms with Crippen molar-refractivity contribution in [3.8, 4) is 5.75 Å². The number of aliphatic imine (C=N–C) groups is 1. The number of hydrogen-bond acceptors (Lipinski definition) is 3. The number of hydrogen-bond donors (Lipinski definition) is 0. The van der Waals surface area contributed by atoms with Crippen LogP contribution in [-0.2, 0) is 11.7 Å². The Labute approximate surface area is 144 Å². The van der Waals surface area contributed by atoms with Gasteiger partial charge in [0.05, 0.1) is 24.3 Å². The fraction of sp³-hybridized carbons (Fsp3) is 0.353. The standard InChI is InChI=1S/C17H12F6N2O/c18-16(19,20)10-1-3-12-13(7-10)26-6-5-15(12)9-25-8-11(17(21,22)23)2-4-14(25)24-15/h1-4,7-8H,5-6,9H2. The second kappa shape index (κ2) is 5.28. The van der Waals surface area contributed by atoms with E-state index in [1.165, 1.54) is 17.0 Å². The Bertz CT molecular complexity index is 852. The Morgan fingerprint density at radius 2 is 1.81 bits per heavy atom. The average molecular weight is 374 g/mol. The molecule has 3 nitrogen and oxygen atoms in total. The zero-order chi connectivity index (χ0) is 18.7. The van der Waals surface area contributed by atoms with Gasteiger partial charge in [-0.15, -0.1) is 0 Å². The average Bonchev–Trinajstić information content (AvgIpc) is 2.90. The molecule has 0 saturated heterocycles. The van der Waals surface area contributed by atoms with Crippen molar-refractivity contribution < 1.29 is 31.1 Å². The SMILES string of the molecule is FC(F)(F)C1=CN2CC3(CCOc4cc(C(F)(F)F)ccc43)N=C2C=C1. The molecule has 0 aromatic heterocycles. The van der Waals surface area contributed by atoms with Gasteiger partial charge in [0.2, 0.25) is 0 Å². The number of alkyl halides is 6. The molecule has 0 saturated carbocycles. The maximum Gasteiger partial charge on any atom is 0.417 e. The monoisotopic (exact) mass is 374 g/mol. The molecule has 1 aromatic carbocycles. The van der Waals surface area contributed by atoms with Crippen LogP contribution in [0, 0.1) is 0 Å². The maximum absolute atomic E-state index is 12.9. The number of halogens is 6. The van der Waals surface area contributed by atoms with Crippen LogP contribution in [0.1, 0.15) is 17.5 Å². The summed E-state index contributed by atoms with van der Waals surface area (Å²) in [5, 5.41) is 0. The molecule has 9 heteroatoms. The Balaban J connectivity index is 1.73. The van der Waals surface area contributed by atoms with Gasteiger partial charge in [-0.2, -0.15) is 26.3 Å². The summed E-state index contributed by atoms with van der Waals surface area (Å²) in [6.45, 7) is 0.256. The van der Waals surface area contributed by atoms with Gasteiger partial charge in [-0.3, -0.25) is 4.99 Å². The van der Waals surface area contributed by atoms with E-state index in [1.807, 2.05) is 0 Å². The fourth-order valence-electron chi connectivity index (χ4n) is 3.42. The fourth-order valence-corrected chi connectivity index (χ4v) is 3.42.